The molecule has 0 radical (unpaired) electrons. The van der Waals surface area contributed by atoms with Crippen LogP contribution in [-0.4, -0.2) is 40.5 Å². The molecule has 2 unspecified atom stereocenters. The molecule has 2 atom stereocenters. The van der Waals surface area contributed by atoms with Crippen molar-refractivity contribution >= 4 is 11.9 Å². The van der Waals surface area contributed by atoms with E-state index in [1.165, 1.54) is 5.56 Å². The Hall–Kier alpha value is -2.83. The van der Waals surface area contributed by atoms with Crippen molar-refractivity contribution < 1.29 is 4.79 Å². The summed E-state index contributed by atoms with van der Waals surface area (Å²) in [6.07, 6.45) is 7.72. The Bertz CT molecular complexity index is 829. The van der Waals surface area contributed by atoms with E-state index < -0.39 is 0 Å². The lowest BCUT2D eigenvalue weighted by molar-refractivity contribution is -0.126. The predicted molar refractivity (Wildman–Crippen MR) is 120 cm³/mol. The van der Waals surface area contributed by atoms with Crippen LogP contribution >= 0.6 is 0 Å². The third-order valence-electron chi connectivity index (χ3n) is 5.45. The van der Waals surface area contributed by atoms with E-state index in [4.69, 9.17) is 0 Å². The van der Waals surface area contributed by atoms with Crippen LogP contribution in [0.25, 0.3) is 0 Å². The number of hydrogen-bond donors (Lipinski definition) is 3. The highest BCUT2D eigenvalue weighted by Gasteiger charge is 2.28. The van der Waals surface area contributed by atoms with Crippen LogP contribution in [0.1, 0.15) is 50.9 Å². The van der Waals surface area contributed by atoms with Crippen LogP contribution in [0, 0.1) is 5.92 Å². The van der Waals surface area contributed by atoms with Crippen LogP contribution < -0.4 is 16.0 Å². The summed E-state index contributed by atoms with van der Waals surface area (Å²) in [5.41, 5.74) is 1.24. The molecule has 3 rings (SSSR count). The van der Waals surface area contributed by atoms with Gasteiger partial charge in [-0.15, -0.1) is 0 Å². The van der Waals surface area contributed by atoms with Crippen LogP contribution in [0.2, 0.25) is 0 Å². The zero-order valence-corrected chi connectivity index (χ0v) is 18.3. The number of carbonyl (C=O) groups is 1. The summed E-state index contributed by atoms with van der Waals surface area (Å²) in [7, 11) is 1.78. The number of carbonyl (C=O) groups excluding carboxylic acids is 1. The highest BCUT2D eigenvalue weighted by molar-refractivity contribution is 5.81. The van der Waals surface area contributed by atoms with Crippen molar-refractivity contribution in [1.29, 1.82) is 0 Å². The minimum Gasteiger partial charge on any atom is -0.354 e. The Kier molecular flexibility index (Phi) is 7.88. The molecule has 7 heteroatoms. The Morgan fingerprint density at radius 1 is 1.27 bits per heavy atom. The van der Waals surface area contributed by atoms with Crippen molar-refractivity contribution in [2.75, 3.05) is 7.05 Å². The van der Waals surface area contributed by atoms with Crippen LogP contribution in [0.15, 0.2) is 47.7 Å². The van der Waals surface area contributed by atoms with E-state index >= 15 is 0 Å². The maximum Gasteiger partial charge on any atom is 0.223 e. The third kappa shape index (κ3) is 6.34. The summed E-state index contributed by atoms with van der Waals surface area (Å²) >= 11 is 0. The molecule has 1 aromatic heterocycles. The lowest BCUT2D eigenvalue weighted by Gasteiger charge is -2.30. The highest BCUT2D eigenvalue weighted by Crippen LogP contribution is 2.24. The van der Waals surface area contributed by atoms with E-state index in [-0.39, 0.29) is 23.9 Å². The normalized spacial score (nSPS) is 19.5. The van der Waals surface area contributed by atoms with Crippen LogP contribution in [0.5, 0.6) is 0 Å². The fourth-order valence-corrected chi connectivity index (χ4v) is 3.94. The number of amides is 1. The van der Waals surface area contributed by atoms with Gasteiger partial charge in [0.25, 0.3) is 0 Å². The maximum absolute atomic E-state index is 12.4. The summed E-state index contributed by atoms with van der Waals surface area (Å²) in [4.78, 5) is 21.2. The molecule has 1 amide bonds. The van der Waals surface area contributed by atoms with Gasteiger partial charge in [-0.1, -0.05) is 36.8 Å². The second kappa shape index (κ2) is 10.8. The molecule has 1 heterocycles. The van der Waals surface area contributed by atoms with Gasteiger partial charge in [-0.2, -0.15) is 0 Å². The molecule has 1 aliphatic rings. The number of aromatic nitrogens is 2. The van der Waals surface area contributed by atoms with Gasteiger partial charge in [0, 0.05) is 44.0 Å². The number of hydrogen-bond acceptors (Lipinski definition) is 3. The van der Waals surface area contributed by atoms with E-state index in [0.29, 0.717) is 6.54 Å². The first-order valence-corrected chi connectivity index (χ1v) is 10.9. The molecular weight excluding hydrogens is 376 g/mol. The van der Waals surface area contributed by atoms with Gasteiger partial charge in [-0.3, -0.25) is 9.79 Å². The van der Waals surface area contributed by atoms with Gasteiger partial charge in [0.2, 0.25) is 5.91 Å². The fraction of sp³-hybridized carbons (Fsp3) is 0.522. The Morgan fingerprint density at radius 2 is 2.07 bits per heavy atom. The van der Waals surface area contributed by atoms with E-state index in [9.17, 15) is 4.79 Å². The van der Waals surface area contributed by atoms with Crippen molar-refractivity contribution in [2.45, 2.75) is 64.7 Å². The van der Waals surface area contributed by atoms with Crippen molar-refractivity contribution in [3.8, 4) is 0 Å². The van der Waals surface area contributed by atoms with Gasteiger partial charge >= 0.3 is 0 Å². The molecule has 0 spiro atoms. The van der Waals surface area contributed by atoms with Crippen molar-refractivity contribution in [1.82, 2.24) is 25.5 Å². The minimum atomic E-state index is 0.0709. The molecule has 2 aromatic rings. The lowest BCUT2D eigenvalue weighted by atomic mass is 9.85. The van der Waals surface area contributed by atoms with Crippen molar-refractivity contribution in [3.05, 3.63) is 54.1 Å². The summed E-state index contributed by atoms with van der Waals surface area (Å²) in [6.45, 7) is 5.39. The first-order chi connectivity index (χ1) is 14.5. The van der Waals surface area contributed by atoms with Gasteiger partial charge in [0.1, 0.15) is 5.82 Å². The van der Waals surface area contributed by atoms with Gasteiger partial charge in [-0.25, -0.2) is 4.98 Å². The zero-order chi connectivity index (χ0) is 21.3. The van der Waals surface area contributed by atoms with Gasteiger partial charge < -0.3 is 20.5 Å². The number of nitrogens with zero attached hydrogens (tertiary/aromatic N) is 3. The second-order valence-electron chi connectivity index (χ2n) is 8.25. The van der Waals surface area contributed by atoms with E-state index in [1.54, 1.807) is 7.05 Å². The first-order valence-electron chi connectivity index (χ1n) is 10.9. The van der Waals surface area contributed by atoms with Gasteiger partial charge in [0.15, 0.2) is 5.96 Å². The van der Waals surface area contributed by atoms with E-state index in [1.807, 2.05) is 32.3 Å². The smallest absolute Gasteiger partial charge is 0.223 e. The van der Waals surface area contributed by atoms with Crippen LogP contribution in [0.3, 0.4) is 0 Å². The van der Waals surface area contributed by atoms with Crippen LogP contribution in [0.4, 0.5) is 0 Å². The van der Waals surface area contributed by atoms with Crippen molar-refractivity contribution in [3.63, 3.8) is 0 Å². The van der Waals surface area contributed by atoms with E-state index in [2.05, 4.69) is 54.8 Å². The van der Waals surface area contributed by atoms with Gasteiger partial charge in [-0.05, 0) is 38.7 Å². The molecule has 0 aliphatic heterocycles. The Labute approximate surface area is 179 Å². The maximum atomic E-state index is 12.4. The van der Waals surface area contributed by atoms with Crippen LogP contribution in [-0.2, 0) is 17.9 Å². The number of guanidine groups is 1. The fourth-order valence-electron chi connectivity index (χ4n) is 3.94. The molecule has 3 N–H and O–H groups in total. The number of imidazole rings is 1. The van der Waals surface area contributed by atoms with Crippen molar-refractivity contribution in [2.24, 2.45) is 10.9 Å². The lowest BCUT2D eigenvalue weighted by Crippen LogP contribution is -2.47. The number of benzene rings is 1. The second-order valence-corrected chi connectivity index (χ2v) is 8.25. The summed E-state index contributed by atoms with van der Waals surface area (Å²) in [5, 5.41) is 9.92. The molecule has 0 bridgehead atoms. The molecule has 1 fully saturated rings. The molecule has 0 saturated heterocycles. The Morgan fingerprint density at radius 3 is 2.80 bits per heavy atom. The SMILES string of the molecule is CN=C(NCc1nccn1Cc1ccccc1)NC1CCCC(C(=O)NC(C)C)C1. The number of aliphatic imine (C=N–C) groups is 1. The standard InChI is InChI=1S/C23H34N6O/c1-17(2)27-22(30)19-10-7-11-20(14-19)28-23(24-3)26-15-21-25-12-13-29(21)16-18-8-5-4-6-9-18/h4-6,8-9,12-13,17,19-20H,7,10-11,14-16H2,1-3H3,(H,27,30)(H2,24,26,28). The summed E-state index contributed by atoms with van der Waals surface area (Å²) < 4.78 is 2.14. The average Bonchev–Trinajstić information content (AvgIpc) is 3.18. The predicted octanol–water partition coefficient (Wildman–Crippen LogP) is 2.68. The monoisotopic (exact) mass is 410 g/mol. The highest BCUT2D eigenvalue weighted by atomic mass is 16.1. The molecule has 30 heavy (non-hydrogen) atoms. The number of nitrogens with one attached hydrogen (secondary N) is 3. The quantitative estimate of drug-likeness (QED) is 0.484. The van der Waals surface area contributed by atoms with Gasteiger partial charge in [0.05, 0.1) is 6.54 Å². The molecule has 1 aromatic carbocycles. The number of rotatable bonds is 7. The molecule has 162 valence electrons. The topological polar surface area (TPSA) is 83.3 Å². The minimum absolute atomic E-state index is 0.0709. The average molecular weight is 411 g/mol. The molecular formula is C23H34N6O. The zero-order valence-electron chi connectivity index (χ0n) is 18.3. The first kappa shape index (κ1) is 21.9. The molecule has 7 nitrogen and oxygen atoms in total. The summed E-state index contributed by atoms with van der Waals surface area (Å²) in [6, 6.07) is 10.8. The largest absolute Gasteiger partial charge is 0.354 e. The molecule has 1 saturated carbocycles. The Balaban J connectivity index is 1.52. The van der Waals surface area contributed by atoms with E-state index in [0.717, 1.165) is 44.0 Å². The third-order valence-corrected chi connectivity index (χ3v) is 5.45. The molecule has 1 aliphatic carbocycles. The summed E-state index contributed by atoms with van der Waals surface area (Å²) in [5.74, 6) is 1.95.